The summed E-state index contributed by atoms with van der Waals surface area (Å²) in [6, 6.07) is -0.618. The minimum atomic E-state index is -0.835. The van der Waals surface area contributed by atoms with Gasteiger partial charge in [-0.2, -0.15) is 0 Å². The summed E-state index contributed by atoms with van der Waals surface area (Å²) in [6.45, 7) is 4.26. The molecule has 0 aliphatic rings. The first kappa shape index (κ1) is 55.4. The minimum Gasteiger partial charge on any atom is -0.394 e. The molecule has 0 spiro atoms. The van der Waals surface area contributed by atoms with E-state index in [9.17, 15) is 15.0 Å². The summed E-state index contributed by atoms with van der Waals surface area (Å²) in [7, 11) is 0. The third-order valence-corrected chi connectivity index (χ3v) is 11.6. The second-order valence-corrected chi connectivity index (χ2v) is 17.2. The van der Waals surface area contributed by atoms with Crippen LogP contribution in [0.15, 0.2) is 48.6 Å². The van der Waals surface area contributed by atoms with Crippen LogP contribution in [0.1, 0.15) is 264 Å². The van der Waals surface area contributed by atoms with Gasteiger partial charge in [0.15, 0.2) is 0 Å². The largest absolute Gasteiger partial charge is 0.394 e. The molecule has 0 saturated carbocycles. The van der Waals surface area contributed by atoms with Gasteiger partial charge in [-0.15, -0.1) is 0 Å². The molecule has 0 fully saturated rings. The van der Waals surface area contributed by atoms with Crippen LogP contribution >= 0.6 is 0 Å². The fourth-order valence-corrected chi connectivity index (χ4v) is 7.66. The van der Waals surface area contributed by atoms with Crippen LogP contribution in [-0.4, -0.2) is 34.9 Å². The Morgan fingerprint density at radius 3 is 1.07 bits per heavy atom. The summed E-state index contributed by atoms with van der Waals surface area (Å²) in [5.74, 6) is -0.0649. The zero-order valence-electron chi connectivity index (χ0n) is 38.4. The lowest BCUT2D eigenvalue weighted by Crippen LogP contribution is -2.45. The molecule has 334 valence electrons. The lowest BCUT2D eigenvalue weighted by molar-refractivity contribution is -0.123. The standard InChI is InChI=1S/C53H99NO3/c1-3-5-7-9-11-13-14-15-16-17-18-19-20-21-22-23-24-25-26-27-28-29-30-31-32-33-34-35-36-37-38-39-40-41-43-45-47-49-53(57)54-51(50-55)52(56)48-46-44-42-12-10-8-6-4-2/h14-15,17-18,20-21,46,48,51-52,55-56H,3-13,16,19,22-45,47,49-50H2,1-2H3,(H,54,57)/b15-14-,18-17-,21-20-,48-46+. The summed E-state index contributed by atoms with van der Waals surface area (Å²) in [5, 5.41) is 22.9. The number of hydrogen-bond donors (Lipinski definition) is 3. The number of nitrogens with one attached hydrogen (secondary N) is 1. The molecule has 0 rings (SSSR count). The van der Waals surface area contributed by atoms with Gasteiger partial charge >= 0.3 is 0 Å². The normalized spacial score (nSPS) is 13.3. The van der Waals surface area contributed by atoms with Crippen molar-refractivity contribution in [1.29, 1.82) is 0 Å². The quantitative estimate of drug-likeness (QED) is 0.0424. The Balaban J connectivity index is 3.38. The average Bonchev–Trinajstić information content (AvgIpc) is 3.22. The van der Waals surface area contributed by atoms with Crippen LogP contribution in [0.4, 0.5) is 0 Å². The molecule has 0 saturated heterocycles. The van der Waals surface area contributed by atoms with E-state index < -0.39 is 12.1 Å². The lowest BCUT2D eigenvalue weighted by atomic mass is 10.0. The molecule has 0 aliphatic carbocycles. The summed E-state index contributed by atoms with van der Waals surface area (Å²) < 4.78 is 0. The maximum Gasteiger partial charge on any atom is 0.220 e. The van der Waals surface area contributed by atoms with Gasteiger partial charge in [-0.05, 0) is 57.8 Å². The molecule has 2 unspecified atom stereocenters. The smallest absolute Gasteiger partial charge is 0.220 e. The SMILES string of the molecule is CCCCCCC/C=C\C/C=C\C/C=C\CCCCCCCCCCCCCCCCCCCCCCCCC(=O)NC(CO)C(O)/C=C/CCCCCCCC. The topological polar surface area (TPSA) is 69.6 Å². The zero-order valence-corrected chi connectivity index (χ0v) is 38.4. The van der Waals surface area contributed by atoms with Gasteiger partial charge in [0.2, 0.25) is 5.91 Å². The van der Waals surface area contributed by atoms with Crippen molar-refractivity contribution < 1.29 is 15.0 Å². The highest BCUT2D eigenvalue weighted by Gasteiger charge is 2.18. The molecule has 2 atom stereocenters. The Morgan fingerprint density at radius 2 is 0.719 bits per heavy atom. The van der Waals surface area contributed by atoms with Crippen LogP contribution in [0.5, 0.6) is 0 Å². The molecule has 1 amide bonds. The summed E-state index contributed by atoms with van der Waals surface area (Å²) in [5.41, 5.74) is 0. The highest BCUT2D eigenvalue weighted by atomic mass is 16.3. The van der Waals surface area contributed by atoms with Gasteiger partial charge in [0.1, 0.15) is 0 Å². The van der Waals surface area contributed by atoms with E-state index in [0.29, 0.717) is 6.42 Å². The van der Waals surface area contributed by atoms with Crippen LogP contribution < -0.4 is 5.32 Å². The van der Waals surface area contributed by atoms with E-state index in [4.69, 9.17) is 0 Å². The van der Waals surface area contributed by atoms with Crippen molar-refractivity contribution in [2.75, 3.05) is 6.61 Å². The second-order valence-electron chi connectivity index (χ2n) is 17.2. The van der Waals surface area contributed by atoms with E-state index >= 15 is 0 Å². The van der Waals surface area contributed by atoms with Gasteiger partial charge in [0, 0.05) is 6.42 Å². The van der Waals surface area contributed by atoms with Crippen molar-refractivity contribution in [1.82, 2.24) is 5.32 Å². The van der Waals surface area contributed by atoms with Crippen molar-refractivity contribution in [3.63, 3.8) is 0 Å². The van der Waals surface area contributed by atoms with Crippen LogP contribution in [0, 0.1) is 0 Å². The van der Waals surface area contributed by atoms with Crippen molar-refractivity contribution in [2.24, 2.45) is 0 Å². The number of amides is 1. The number of unbranched alkanes of at least 4 members (excludes halogenated alkanes) is 33. The molecular formula is C53H99NO3. The number of hydrogen-bond acceptors (Lipinski definition) is 3. The number of carbonyl (C=O) groups excluding carboxylic acids is 1. The fourth-order valence-electron chi connectivity index (χ4n) is 7.66. The van der Waals surface area contributed by atoms with E-state index in [0.717, 1.165) is 38.5 Å². The van der Waals surface area contributed by atoms with Crippen molar-refractivity contribution in [3.8, 4) is 0 Å². The van der Waals surface area contributed by atoms with Gasteiger partial charge in [-0.25, -0.2) is 0 Å². The van der Waals surface area contributed by atoms with Crippen molar-refractivity contribution in [3.05, 3.63) is 48.6 Å². The molecule has 3 N–H and O–H groups in total. The van der Waals surface area contributed by atoms with Crippen LogP contribution in [-0.2, 0) is 4.79 Å². The van der Waals surface area contributed by atoms with Gasteiger partial charge in [-0.1, -0.05) is 249 Å². The van der Waals surface area contributed by atoms with Gasteiger partial charge in [0.05, 0.1) is 18.8 Å². The Labute approximate surface area is 356 Å². The molecule has 0 aromatic heterocycles. The van der Waals surface area contributed by atoms with Crippen LogP contribution in [0.3, 0.4) is 0 Å². The lowest BCUT2D eigenvalue weighted by Gasteiger charge is -2.20. The third kappa shape index (κ3) is 45.3. The zero-order chi connectivity index (χ0) is 41.4. The molecule has 0 bridgehead atoms. The van der Waals surface area contributed by atoms with Crippen molar-refractivity contribution in [2.45, 2.75) is 276 Å². The summed E-state index contributed by atoms with van der Waals surface area (Å²) in [4.78, 5) is 12.3. The molecular weight excluding hydrogens is 699 g/mol. The molecule has 0 aromatic carbocycles. The molecule has 0 heterocycles. The van der Waals surface area contributed by atoms with Crippen LogP contribution in [0.2, 0.25) is 0 Å². The molecule has 0 aliphatic heterocycles. The van der Waals surface area contributed by atoms with Crippen LogP contribution in [0.25, 0.3) is 0 Å². The van der Waals surface area contributed by atoms with Crippen molar-refractivity contribution >= 4 is 5.91 Å². The van der Waals surface area contributed by atoms with E-state index in [1.54, 1.807) is 6.08 Å². The number of aliphatic hydroxyl groups is 2. The first-order valence-corrected chi connectivity index (χ1v) is 25.4. The number of allylic oxidation sites excluding steroid dienone is 7. The van der Waals surface area contributed by atoms with Gasteiger partial charge in [0.25, 0.3) is 0 Å². The first-order valence-electron chi connectivity index (χ1n) is 25.4. The Bertz CT molecular complexity index is 908. The first-order chi connectivity index (χ1) is 28.2. The highest BCUT2D eigenvalue weighted by molar-refractivity contribution is 5.76. The Hall–Kier alpha value is -1.65. The predicted octanol–water partition coefficient (Wildman–Crippen LogP) is 16.3. The van der Waals surface area contributed by atoms with E-state index in [-0.39, 0.29) is 12.5 Å². The molecule has 4 nitrogen and oxygen atoms in total. The second kappa shape index (κ2) is 48.7. The molecule has 4 heteroatoms. The average molecular weight is 798 g/mol. The number of aliphatic hydroxyl groups excluding tert-OH is 2. The van der Waals surface area contributed by atoms with Gasteiger partial charge in [-0.3, -0.25) is 4.79 Å². The molecule has 0 radical (unpaired) electrons. The minimum absolute atomic E-state index is 0.0649. The van der Waals surface area contributed by atoms with E-state index in [1.807, 2.05) is 6.08 Å². The number of carbonyl (C=O) groups is 1. The summed E-state index contributed by atoms with van der Waals surface area (Å²) >= 11 is 0. The molecule has 0 aromatic rings. The van der Waals surface area contributed by atoms with E-state index in [1.165, 1.54) is 205 Å². The maximum atomic E-state index is 12.3. The monoisotopic (exact) mass is 798 g/mol. The third-order valence-electron chi connectivity index (χ3n) is 11.6. The Morgan fingerprint density at radius 1 is 0.421 bits per heavy atom. The maximum absolute atomic E-state index is 12.3. The number of rotatable bonds is 46. The predicted molar refractivity (Wildman–Crippen MR) is 253 cm³/mol. The summed E-state index contributed by atoms with van der Waals surface area (Å²) in [6.07, 6.45) is 67.1. The molecule has 57 heavy (non-hydrogen) atoms. The van der Waals surface area contributed by atoms with Gasteiger partial charge < -0.3 is 15.5 Å². The fraction of sp³-hybridized carbons (Fsp3) is 0.830. The van der Waals surface area contributed by atoms with E-state index in [2.05, 4.69) is 55.6 Å². The Kier molecular flexibility index (Phi) is 47.3. The highest BCUT2D eigenvalue weighted by Crippen LogP contribution is 2.16.